The zero-order valence-corrected chi connectivity index (χ0v) is 9.13. The first-order chi connectivity index (χ1) is 7.20. The number of aliphatic hydroxyl groups excluding tert-OH is 2. The molecule has 0 radical (unpaired) electrons. The van der Waals surface area contributed by atoms with Gasteiger partial charge < -0.3 is 14.8 Å². The van der Waals surface area contributed by atoms with Crippen molar-refractivity contribution in [1.29, 1.82) is 0 Å². The van der Waals surface area contributed by atoms with Crippen LogP contribution >= 0.6 is 0 Å². The van der Waals surface area contributed by atoms with Crippen LogP contribution in [0.2, 0.25) is 0 Å². The molecule has 2 atom stereocenters. The SMILES string of the molecule is CC(CO)Cn1ccc(C(O)C2CC2)c1. The van der Waals surface area contributed by atoms with Crippen molar-refractivity contribution in [2.75, 3.05) is 6.61 Å². The molecule has 2 unspecified atom stereocenters. The Kier molecular flexibility index (Phi) is 3.12. The fourth-order valence-electron chi connectivity index (χ4n) is 1.85. The molecule has 1 aromatic rings. The summed E-state index contributed by atoms with van der Waals surface area (Å²) < 4.78 is 2.04. The maximum absolute atomic E-state index is 9.90. The molecule has 1 aliphatic carbocycles. The molecule has 0 amide bonds. The van der Waals surface area contributed by atoms with Gasteiger partial charge in [-0.25, -0.2) is 0 Å². The van der Waals surface area contributed by atoms with E-state index in [1.807, 2.05) is 30.0 Å². The first-order valence-electron chi connectivity index (χ1n) is 5.65. The van der Waals surface area contributed by atoms with Gasteiger partial charge in [0.2, 0.25) is 0 Å². The monoisotopic (exact) mass is 209 g/mol. The van der Waals surface area contributed by atoms with Gasteiger partial charge in [-0.15, -0.1) is 0 Å². The highest BCUT2D eigenvalue weighted by Gasteiger charge is 2.31. The zero-order chi connectivity index (χ0) is 10.8. The molecular formula is C12H19NO2. The molecule has 1 fully saturated rings. The Morgan fingerprint density at radius 1 is 1.53 bits per heavy atom. The van der Waals surface area contributed by atoms with Gasteiger partial charge >= 0.3 is 0 Å². The normalized spacial score (nSPS) is 20.2. The maximum atomic E-state index is 9.90. The lowest BCUT2D eigenvalue weighted by Gasteiger charge is -2.09. The average Bonchev–Trinajstić information content (AvgIpc) is 2.98. The van der Waals surface area contributed by atoms with Crippen LogP contribution in [0.15, 0.2) is 18.5 Å². The fourth-order valence-corrected chi connectivity index (χ4v) is 1.85. The van der Waals surface area contributed by atoms with Crippen LogP contribution in [0, 0.1) is 11.8 Å². The first-order valence-corrected chi connectivity index (χ1v) is 5.65. The minimum Gasteiger partial charge on any atom is -0.396 e. The van der Waals surface area contributed by atoms with Gasteiger partial charge in [-0.2, -0.15) is 0 Å². The van der Waals surface area contributed by atoms with E-state index < -0.39 is 0 Å². The largest absolute Gasteiger partial charge is 0.396 e. The lowest BCUT2D eigenvalue weighted by molar-refractivity contribution is 0.153. The Hall–Kier alpha value is -0.800. The van der Waals surface area contributed by atoms with Crippen LogP contribution in [0.3, 0.4) is 0 Å². The van der Waals surface area contributed by atoms with Gasteiger partial charge in [-0.1, -0.05) is 6.92 Å². The summed E-state index contributed by atoms with van der Waals surface area (Å²) in [7, 11) is 0. The number of hydrogen-bond donors (Lipinski definition) is 2. The summed E-state index contributed by atoms with van der Waals surface area (Å²) in [6.45, 7) is 3.03. The van der Waals surface area contributed by atoms with Crippen LogP contribution in [0.25, 0.3) is 0 Å². The van der Waals surface area contributed by atoms with Crippen LogP contribution in [0.1, 0.15) is 31.4 Å². The molecule has 1 heterocycles. The Labute approximate surface area is 90.4 Å². The van der Waals surface area contributed by atoms with Crippen molar-refractivity contribution in [3.05, 3.63) is 24.0 Å². The summed E-state index contributed by atoms with van der Waals surface area (Å²) in [5.41, 5.74) is 1.02. The molecule has 1 aromatic heterocycles. The lowest BCUT2D eigenvalue weighted by atomic mass is 10.1. The van der Waals surface area contributed by atoms with E-state index in [0.717, 1.165) is 24.9 Å². The third kappa shape index (κ3) is 2.61. The zero-order valence-electron chi connectivity index (χ0n) is 9.13. The van der Waals surface area contributed by atoms with Crippen LogP contribution < -0.4 is 0 Å². The number of hydrogen-bond acceptors (Lipinski definition) is 2. The highest BCUT2D eigenvalue weighted by Crippen LogP contribution is 2.40. The second-order valence-electron chi connectivity index (χ2n) is 4.71. The van der Waals surface area contributed by atoms with Crippen molar-refractivity contribution < 1.29 is 10.2 Å². The van der Waals surface area contributed by atoms with Crippen molar-refractivity contribution in [3.8, 4) is 0 Å². The van der Waals surface area contributed by atoms with Crippen molar-refractivity contribution in [1.82, 2.24) is 4.57 Å². The molecule has 15 heavy (non-hydrogen) atoms. The molecule has 0 spiro atoms. The van der Waals surface area contributed by atoms with Crippen molar-refractivity contribution in [3.63, 3.8) is 0 Å². The van der Waals surface area contributed by atoms with Crippen LogP contribution in [0.4, 0.5) is 0 Å². The van der Waals surface area contributed by atoms with E-state index in [9.17, 15) is 5.11 Å². The summed E-state index contributed by atoms with van der Waals surface area (Å²) in [6.07, 6.45) is 6.00. The van der Waals surface area contributed by atoms with E-state index in [1.54, 1.807) is 0 Å². The van der Waals surface area contributed by atoms with E-state index in [1.165, 1.54) is 0 Å². The van der Waals surface area contributed by atoms with E-state index in [-0.39, 0.29) is 18.6 Å². The first kappa shape index (κ1) is 10.7. The topological polar surface area (TPSA) is 45.4 Å². The number of aromatic nitrogens is 1. The molecule has 0 aromatic carbocycles. The van der Waals surface area contributed by atoms with Crippen molar-refractivity contribution in [2.45, 2.75) is 32.4 Å². The highest BCUT2D eigenvalue weighted by molar-refractivity contribution is 5.16. The van der Waals surface area contributed by atoms with Gasteiger partial charge in [0.25, 0.3) is 0 Å². The summed E-state index contributed by atoms with van der Waals surface area (Å²) in [6, 6.07) is 1.98. The Morgan fingerprint density at radius 2 is 2.27 bits per heavy atom. The van der Waals surface area contributed by atoms with Crippen LogP contribution in [0.5, 0.6) is 0 Å². The molecule has 2 N–H and O–H groups in total. The summed E-state index contributed by atoms with van der Waals surface area (Å²) in [5.74, 6) is 0.749. The summed E-state index contributed by atoms with van der Waals surface area (Å²) in [5, 5.41) is 18.8. The maximum Gasteiger partial charge on any atom is 0.0832 e. The average molecular weight is 209 g/mol. The number of nitrogens with zero attached hydrogens (tertiary/aromatic N) is 1. The van der Waals surface area contributed by atoms with Crippen LogP contribution in [-0.2, 0) is 6.54 Å². The van der Waals surface area contributed by atoms with Crippen molar-refractivity contribution >= 4 is 0 Å². The smallest absolute Gasteiger partial charge is 0.0832 e. The van der Waals surface area contributed by atoms with E-state index in [0.29, 0.717) is 5.92 Å². The minimum absolute atomic E-state index is 0.207. The standard InChI is InChI=1S/C12H19NO2/c1-9(8-14)6-13-5-4-11(7-13)12(15)10-2-3-10/h4-5,7,9-10,12,14-15H,2-3,6,8H2,1H3. The summed E-state index contributed by atoms with van der Waals surface area (Å²) in [4.78, 5) is 0. The number of rotatable bonds is 5. The van der Waals surface area contributed by atoms with Gasteiger partial charge in [0.1, 0.15) is 0 Å². The third-order valence-corrected chi connectivity index (χ3v) is 3.02. The molecule has 1 aliphatic rings. The molecule has 84 valence electrons. The second-order valence-corrected chi connectivity index (χ2v) is 4.71. The molecule has 3 nitrogen and oxygen atoms in total. The quantitative estimate of drug-likeness (QED) is 0.773. The van der Waals surface area contributed by atoms with Gasteiger partial charge in [0.05, 0.1) is 6.10 Å². The van der Waals surface area contributed by atoms with Gasteiger partial charge in [-0.3, -0.25) is 0 Å². The highest BCUT2D eigenvalue weighted by atomic mass is 16.3. The van der Waals surface area contributed by atoms with E-state index in [2.05, 4.69) is 0 Å². The van der Waals surface area contributed by atoms with Crippen LogP contribution in [-0.4, -0.2) is 21.4 Å². The van der Waals surface area contributed by atoms with Gasteiger partial charge in [0, 0.05) is 25.5 Å². The minimum atomic E-state index is -0.282. The summed E-state index contributed by atoms with van der Waals surface area (Å²) >= 11 is 0. The second kappa shape index (κ2) is 4.37. The molecule has 3 heteroatoms. The Balaban J connectivity index is 1.96. The Bertz CT molecular complexity index is 317. The Morgan fingerprint density at radius 3 is 2.87 bits per heavy atom. The van der Waals surface area contributed by atoms with Gasteiger partial charge in [-0.05, 0) is 36.3 Å². The lowest BCUT2D eigenvalue weighted by Crippen LogP contribution is -2.09. The predicted molar refractivity (Wildman–Crippen MR) is 58.4 cm³/mol. The van der Waals surface area contributed by atoms with E-state index in [4.69, 9.17) is 5.11 Å². The third-order valence-electron chi connectivity index (χ3n) is 3.02. The number of aliphatic hydroxyl groups is 2. The molecular weight excluding hydrogens is 190 g/mol. The van der Waals surface area contributed by atoms with Gasteiger partial charge in [0.15, 0.2) is 0 Å². The predicted octanol–water partition coefficient (Wildman–Crippen LogP) is 1.56. The molecule has 2 rings (SSSR count). The fraction of sp³-hybridized carbons (Fsp3) is 0.667. The molecule has 0 aliphatic heterocycles. The molecule has 1 saturated carbocycles. The molecule has 0 saturated heterocycles. The molecule has 0 bridgehead atoms. The van der Waals surface area contributed by atoms with E-state index >= 15 is 0 Å². The van der Waals surface area contributed by atoms with Crippen molar-refractivity contribution in [2.24, 2.45) is 11.8 Å².